The van der Waals surface area contributed by atoms with Gasteiger partial charge in [-0.3, -0.25) is 4.90 Å². The number of hydrogen-bond acceptors (Lipinski definition) is 4. The van der Waals surface area contributed by atoms with Crippen LogP contribution in [0.3, 0.4) is 0 Å². The Morgan fingerprint density at radius 1 is 1.43 bits per heavy atom. The summed E-state index contributed by atoms with van der Waals surface area (Å²) in [7, 11) is 2.09. The van der Waals surface area contributed by atoms with Crippen LogP contribution in [-0.4, -0.2) is 66.3 Å². The largest absolute Gasteiger partial charge is 0.395 e. The summed E-state index contributed by atoms with van der Waals surface area (Å²) < 4.78 is 0. The van der Waals surface area contributed by atoms with E-state index in [1.807, 2.05) is 13.8 Å². The number of nitrogens with zero attached hydrogens (tertiary/aromatic N) is 2. The lowest BCUT2D eigenvalue weighted by atomic mass is 10.0. The molecule has 1 heterocycles. The van der Waals surface area contributed by atoms with Gasteiger partial charge in [-0.2, -0.15) is 0 Å². The molecule has 1 rings (SSSR count). The zero-order chi connectivity index (χ0) is 10.8. The van der Waals surface area contributed by atoms with Gasteiger partial charge >= 0.3 is 0 Å². The Bertz CT molecular complexity index is 179. The fourth-order valence-electron chi connectivity index (χ4n) is 1.95. The van der Waals surface area contributed by atoms with Gasteiger partial charge in [0, 0.05) is 37.8 Å². The minimum absolute atomic E-state index is 0.177. The lowest BCUT2D eigenvalue weighted by Gasteiger charge is -2.41. The first-order valence-corrected chi connectivity index (χ1v) is 5.25. The fourth-order valence-corrected chi connectivity index (χ4v) is 1.95. The first-order chi connectivity index (χ1) is 6.42. The van der Waals surface area contributed by atoms with Crippen molar-refractivity contribution >= 4 is 0 Å². The molecule has 4 nitrogen and oxygen atoms in total. The Labute approximate surface area is 86.7 Å². The van der Waals surface area contributed by atoms with Crippen molar-refractivity contribution in [3.8, 4) is 0 Å². The van der Waals surface area contributed by atoms with Crippen molar-refractivity contribution in [3.63, 3.8) is 0 Å². The Morgan fingerprint density at radius 2 is 2.07 bits per heavy atom. The van der Waals surface area contributed by atoms with Crippen LogP contribution in [0.15, 0.2) is 0 Å². The highest BCUT2D eigenvalue weighted by atomic mass is 16.3. The molecule has 84 valence electrons. The molecule has 0 aromatic carbocycles. The molecule has 1 saturated heterocycles. The van der Waals surface area contributed by atoms with Gasteiger partial charge < -0.3 is 15.7 Å². The van der Waals surface area contributed by atoms with Crippen molar-refractivity contribution in [2.45, 2.75) is 25.4 Å². The molecule has 0 radical (unpaired) electrons. The predicted molar refractivity (Wildman–Crippen MR) is 58.2 cm³/mol. The fraction of sp³-hybridized carbons (Fsp3) is 1.00. The van der Waals surface area contributed by atoms with Gasteiger partial charge in [-0.15, -0.1) is 0 Å². The van der Waals surface area contributed by atoms with E-state index in [9.17, 15) is 5.11 Å². The van der Waals surface area contributed by atoms with E-state index in [-0.39, 0.29) is 18.2 Å². The number of likely N-dealkylation sites (N-methyl/N-ethyl adjacent to an activating group) is 1. The standard InChI is InChI=1S/C10H23N3O/c1-10(2,11)8-13-5-4-12(3)6-9(13)7-14/h9,14H,4-8,11H2,1-3H3. The number of piperazine rings is 1. The summed E-state index contributed by atoms with van der Waals surface area (Å²) in [6, 6.07) is 0.247. The van der Waals surface area contributed by atoms with Crippen LogP contribution in [0.25, 0.3) is 0 Å². The van der Waals surface area contributed by atoms with Gasteiger partial charge in [0.05, 0.1) is 6.61 Å². The van der Waals surface area contributed by atoms with Gasteiger partial charge in [0.1, 0.15) is 0 Å². The zero-order valence-electron chi connectivity index (χ0n) is 9.53. The Morgan fingerprint density at radius 3 is 2.57 bits per heavy atom. The zero-order valence-corrected chi connectivity index (χ0v) is 9.53. The molecule has 4 heteroatoms. The average Bonchev–Trinajstić information content (AvgIpc) is 2.06. The van der Waals surface area contributed by atoms with Gasteiger partial charge in [0.15, 0.2) is 0 Å². The van der Waals surface area contributed by atoms with Crippen LogP contribution in [0, 0.1) is 0 Å². The summed E-state index contributed by atoms with van der Waals surface area (Å²) in [6.45, 7) is 8.13. The number of nitrogens with two attached hydrogens (primary N) is 1. The molecule has 14 heavy (non-hydrogen) atoms. The summed E-state index contributed by atoms with van der Waals surface area (Å²) >= 11 is 0. The van der Waals surface area contributed by atoms with E-state index in [2.05, 4.69) is 16.8 Å². The van der Waals surface area contributed by atoms with Gasteiger partial charge in [-0.1, -0.05) is 0 Å². The van der Waals surface area contributed by atoms with Gasteiger partial charge in [-0.05, 0) is 20.9 Å². The predicted octanol–water partition coefficient (Wildman–Crippen LogP) is -0.668. The molecule has 0 saturated carbocycles. The molecular weight excluding hydrogens is 178 g/mol. The van der Waals surface area contributed by atoms with E-state index in [4.69, 9.17) is 5.73 Å². The summed E-state index contributed by atoms with van der Waals surface area (Å²) in [6.07, 6.45) is 0. The third-order valence-electron chi connectivity index (χ3n) is 2.63. The van der Waals surface area contributed by atoms with Crippen molar-refractivity contribution in [2.24, 2.45) is 5.73 Å². The Kier molecular flexibility index (Phi) is 3.89. The van der Waals surface area contributed by atoms with Crippen LogP contribution < -0.4 is 5.73 Å². The summed E-state index contributed by atoms with van der Waals surface area (Å²) in [5, 5.41) is 9.27. The van der Waals surface area contributed by atoms with Crippen LogP contribution in [-0.2, 0) is 0 Å². The van der Waals surface area contributed by atoms with Crippen molar-refractivity contribution in [3.05, 3.63) is 0 Å². The van der Waals surface area contributed by atoms with E-state index in [0.29, 0.717) is 0 Å². The van der Waals surface area contributed by atoms with Crippen LogP contribution in [0.2, 0.25) is 0 Å². The van der Waals surface area contributed by atoms with Crippen LogP contribution in [0.1, 0.15) is 13.8 Å². The van der Waals surface area contributed by atoms with Crippen LogP contribution in [0.5, 0.6) is 0 Å². The smallest absolute Gasteiger partial charge is 0.0599 e. The molecule has 0 amide bonds. The molecule has 1 aliphatic heterocycles. The summed E-state index contributed by atoms with van der Waals surface area (Å²) in [5.41, 5.74) is 5.80. The van der Waals surface area contributed by atoms with E-state index in [1.165, 1.54) is 0 Å². The van der Waals surface area contributed by atoms with Gasteiger partial charge in [-0.25, -0.2) is 0 Å². The molecular formula is C10H23N3O. The maximum atomic E-state index is 9.27. The minimum Gasteiger partial charge on any atom is -0.395 e. The van der Waals surface area contributed by atoms with Crippen molar-refractivity contribution in [1.82, 2.24) is 9.80 Å². The molecule has 0 bridgehead atoms. The third kappa shape index (κ3) is 3.53. The molecule has 3 N–H and O–H groups in total. The molecule has 1 aliphatic rings. The maximum absolute atomic E-state index is 9.27. The van der Waals surface area contributed by atoms with E-state index < -0.39 is 0 Å². The third-order valence-corrected chi connectivity index (χ3v) is 2.63. The Balaban J connectivity index is 2.50. The maximum Gasteiger partial charge on any atom is 0.0599 e. The Hall–Kier alpha value is -0.160. The molecule has 1 unspecified atom stereocenters. The second-order valence-corrected chi connectivity index (χ2v) is 5.06. The first-order valence-electron chi connectivity index (χ1n) is 5.25. The molecule has 0 aliphatic carbocycles. The molecule has 0 spiro atoms. The highest BCUT2D eigenvalue weighted by Crippen LogP contribution is 2.11. The van der Waals surface area contributed by atoms with Crippen LogP contribution in [0.4, 0.5) is 0 Å². The topological polar surface area (TPSA) is 52.7 Å². The van der Waals surface area contributed by atoms with Gasteiger partial charge in [0.2, 0.25) is 0 Å². The van der Waals surface area contributed by atoms with Crippen molar-refractivity contribution in [1.29, 1.82) is 0 Å². The quantitative estimate of drug-likeness (QED) is 0.636. The molecule has 0 aromatic heterocycles. The van der Waals surface area contributed by atoms with Crippen LogP contribution >= 0.6 is 0 Å². The normalized spacial score (nSPS) is 26.8. The lowest BCUT2D eigenvalue weighted by Crippen LogP contribution is -2.58. The first kappa shape index (κ1) is 11.9. The second kappa shape index (κ2) is 4.57. The second-order valence-electron chi connectivity index (χ2n) is 5.06. The number of aliphatic hydroxyl groups excluding tert-OH is 1. The number of aliphatic hydroxyl groups is 1. The summed E-state index contributed by atoms with van der Waals surface area (Å²) in [5.74, 6) is 0. The number of rotatable bonds is 3. The lowest BCUT2D eigenvalue weighted by molar-refractivity contribution is 0.0397. The monoisotopic (exact) mass is 201 g/mol. The van der Waals surface area contributed by atoms with Gasteiger partial charge in [0.25, 0.3) is 0 Å². The van der Waals surface area contributed by atoms with E-state index in [1.54, 1.807) is 0 Å². The molecule has 1 fully saturated rings. The minimum atomic E-state index is -0.177. The number of hydrogen-bond donors (Lipinski definition) is 2. The van der Waals surface area contributed by atoms with Crippen molar-refractivity contribution < 1.29 is 5.11 Å². The SMILES string of the molecule is CN1CCN(CC(C)(C)N)C(CO)C1. The average molecular weight is 201 g/mol. The molecule has 0 aromatic rings. The van der Waals surface area contributed by atoms with Crippen molar-refractivity contribution in [2.75, 3.05) is 39.8 Å². The highest BCUT2D eigenvalue weighted by Gasteiger charge is 2.27. The van der Waals surface area contributed by atoms with E-state index in [0.717, 1.165) is 26.2 Å². The van der Waals surface area contributed by atoms with E-state index >= 15 is 0 Å². The summed E-state index contributed by atoms with van der Waals surface area (Å²) in [4.78, 5) is 4.54. The highest BCUT2D eigenvalue weighted by molar-refractivity contribution is 4.86. The molecule has 1 atom stereocenters.